The predicted octanol–water partition coefficient (Wildman–Crippen LogP) is 3.74. The normalized spacial score (nSPS) is 17.3. The Hall–Kier alpha value is -2.46. The number of aryl methyl sites for hydroxylation is 1. The molecule has 7 nitrogen and oxygen atoms in total. The van der Waals surface area contributed by atoms with Crippen molar-refractivity contribution < 1.29 is 23.1 Å². The summed E-state index contributed by atoms with van der Waals surface area (Å²) in [5.74, 6) is -3.05. The number of thiazole rings is 1. The lowest BCUT2D eigenvalue weighted by atomic mass is 9.67. The molecule has 3 rings (SSSR count). The van der Waals surface area contributed by atoms with Crippen LogP contribution in [0.4, 0.5) is 19.6 Å². The first kappa shape index (κ1) is 22.2. The quantitative estimate of drug-likeness (QED) is 0.666. The first-order valence-electron chi connectivity index (χ1n) is 9.64. The van der Waals surface area contributed by atoms with Crippen molar-refractivity contribution in [2.24, 2.45) is 5.41 Å². The third kappa shape index (κ3) is 4.65. The van der Waals surface area contributed by atoms with Crippen molar-refractivity contribution in [3.05, 3.63) is 34.6 Å². The first-order chi connectivity index (χ1) is 14.1. The van der Waals surface area contributed by atoms with Crippen molar-refractivity contribution in [3.63, 3.8) is 0 Å². The summed E-state index contributed by atoms with van der Waals surface area (Å²) in [6.07, 6.45) is 1.92. The van der Waals surface area contributed by atoms with Gasteiger partial charge in [-0.15, -0.1) is 11.3 Å². The highest BCUT2D eigenvalue weighted by Gasteiger charge is 2.40. The van der Waals surface area contributed by atoms with Crippen LogP contribution in [-0.4, -0.2) is 41.0 Å². The molecule has 10 heteroatoms. The molecule has 0 bridgehead atoms. The second-order valence-corrected chi connectivity index (χ2v) is 8.97. The van der Waals surface area contributed by atoms with E-state index in [-0.39, 0.29) is 40.5 Å². The van der Waals surface area contributed by atoms with Crippen LogP contribution in [0.2, 0.25) is 0 Å². The zero-order valence-corrected chi connectivity index (χ0v) is 18.1. The van der Waals surface area contributed by atoms with Crippen LogP contribution in [0.1, 0.15) is 49.0 Å². The molecule has 2 aromatic heterocycles. The Morgan fingerprint density at radius 1 is 1.30 bits per heavy atom. The predicted molar refractivity (Wildman–Crippen MR) is 109 cm³/mol. The second-order valence-electron chi connectivity index (χ2n) is 7.79. The van der Waals surface area contributed by atoms with Crippen LogP contribution in [0.5, 0.6) is 0 Å². The van der Waals surface area contributed by atoms with E-state index >= 15 is 0 Å². The third-order valence-electron chi connectivity index (χ3n) is 5.20. The van der Waals surface area contributed by atoms with Crippen LogP contribution in [0.3, 0.4) is 0 Å². The highest BCUT2D eigenvalue weighted by Crippen LogP contribution is 2.40. The average Bonchev–Trinajstić information content (AvgIpc) is 3.04. The maximum Gasteiger partial charge on any atom is 0.271 e. The average molecular weight is 439 g/mol. The molecule has 1 unspecified atom stereocenters. The Morgan fingerprint density at radius 2 is 1.97 bits per heavy atom. The number of anilines is 2. The smallest absolute Gasteiger partial charge is 0.271 e. The van der Waals surface area contributed by atoms with Crippen molar-refractivity contribution in [1.29, 1.82) is 0 Å². The van der Waals surface area contributed by atoms with Gasteiger partial charge in [0, 0.05) is 29.7 Å². The van der Waals surface area contributed by atoms with Crippen molar-refractivity contribution in [2.75, 3.05) is 18.1 Å². The Kier molecular flexibility index (Phi) is 6.47. The van der Waals surface area contributed by atoms with E-state index < -0.39 is 17.8 Å². The fraction of sp³-hybridized carbons (Fsp3) is 0.500. The Labute approximate surface area is 177 Å². The van der Waals surface area contributed by atoms with Gasteiger partial charge in [-0.3, -0.25) is 14.5 Å². The zero-order valence-electron chi connectivity index (χ0n) is 17.3. The number of amides is 2. The molecular formula is C20H24F2N4O3S. The number of ether oxygens (including phenoxy) is 1. The number of hydrogen-bond acceptors (Lipinski definition) is 6. The van der Waals surface area contributed by atoms with Gasteiger partial charge < -0.3 is 10.1 Å². The van der Waals surface area contributed by atoms with Crippen molar-refractivity contribution in [3.8, 4) is 0 Å². The van der Waals surface area contributed by atoms with Gasteiger partial charge >= 0.3 is 0 Å². The lowest BCUT2D eigenvalue weighted by molar-refractivity contribution is -0.122. The molecule has 2 aromatic rings. The van der Waals surface area contributed by atoms with E-state index in [1.807, 2.05) is 0 Å². The van der Waals surface area contributed by atoms with E-state index in [9.17, 15) is 18.4 Å². The molecular weight excluding hydrogens is 414 g/mol. The van der Waals surface area contributed by atoms with Crippen LogP contribution in [-0.2, 0) is 9.53 Å². The van der Waals surface area contributed by atoms with Crippen LogP contribution < -0.4 is 10.2 Å². The molecule has 1 atom stereocenters. The number of hydrogen-bond donors (Lipinski definition) is 1. The SMILES string of the molecule is CCOCC(=O)N(c1cc(F)nc(F)c1)c1nc(C(=O)NC2CCC2(C)C)c(C)s1. The summed E-state index contributed by atoms with van der Waals surface area (Å²) >= 11 is 1.08. The third-order valence-corrected chi connectivity index (χ3v) is 6.16. The number of halogens is 2. The number of nitrogens with zero attached hydrogens (tertiary/aromatic N) is 3. The molecule has 30 heavy (non-hydrogen) atoms. The topological polar surface area (TPSA) is 84.4 Å². The molecule has 1 aliphatic rings. The van der Waals surface area contributed by atoms with E-state index in [0.717, 1.165) is 41.2 Å². The van der Waals surface area contributed by atoms with Crippen molar-refractivity contribution >= 4 is 34.0 Å². The Balaban J connectivity index is 1.93. The van der Waals surface area contributed by atoms with Gasteiger partial charge in [0.25, 0.3) is 11.8 Å². The fourth-order valence-electron chi connectivity index (χ4n) is 3.25. The standard InChI is InChI=1S/C20H24F2N4O3S/c1-5-29-10-16(27)26(12-8-14(21)24-15(22)9-12)19-25-17(11(2)30-19)18(28)23-13-6-7-20(13,3)4/h8-9,13H,5-7,10H2,1-4H3,(H,23,28). The fourth-order valence-corrected chi connectivity index (χ4v) is 4.19. The molecule has 2 heterocycles. The molecule has 0 radical (unpaired) electrons. The number of aromatic nitrogens is 2. The van der Waals surface area contributed by atoms with Crippen molar-refractivity contribution in [2.45, 2.75) is 46.6 Å². The molecule has 0 saturated heterocycles. The van der Waals surface area contributed by atoms with Crippen LogP contribution in [0.15, 0.2) is 12.1 Å². The summed E-state index contributed by atoms with van der Waals surface area (Å²) in [5, 5.41) is 3.11. The summed E-state index contributed by atoms with van der Waals surface area (Å²) in [5.41, 5.74) is 0.126. The molecule has 0 aromatic carbocycles. The van der Waals surface area contributed by atoms with Crippen LogP contribution >= 0.6 is 11.3 Å². The molecule has 1 saturated carbocycles. The Morgan fingerprint density at radius 3 is 2.50 bits per heavy atom. The van der Waals surface area contributed by atoms with Gasteiger partial charge in [-0.2, -0.15) is 13.8 Å². The molecule has 1 fully saturated rings. The highest BCUT2D eigenvalue weighted by molar-refractivity contribution is 7.16. The number of carbonyl (C=O) groups excluding carboxylic acids is 2. The monoisotopic (exact) mass is 438 g/mol. The lowest BCUT2D eigenvalue weighted by Crippen LogP contribution is -2.52. The van der Waals surface area contributed by atoms with Crippen LogP contribution in [0.25, 0.3) is 0 Å². The lowest BCUT2D eigenvalue weighted by Gasteiger charge is -2.44. The minimum atomic E-state index is -1.07. The molecule has 1 aliphatic carbocycles. The van der Waals surface area contributed by atoms with E-state index in [1.165, 1.54) is 0 Å². The molecule has 0 spiro atoms. The Bertz CT molecular complexity index is 943. The van der Waals surface area contributed by atoms with E-state index in [1.54, 1.807) is 13.8 Å². The van der Waals surface area contributed by atoms with E-state index in [0.29, 0.717) is 11.5 Å². The molecule has 2 amide bonds. The second kappa shape index (κ2) is 8.73. The number of pyridine rings is 1. The minimum absolute atomic E-state index is 0.0218. The summed E-state index contributed by atoms with van der Waals surface area (Å²) in [6.45, 7) is 7.59. The molecule has 162 valence electrons. The van der Waals surface area contributed by atoms with Gasteiger partial charge in [-0.05, 0) is 32.1 Å². The van der Waals surface area contributed by atoms with Gasteiger partial charge in [0.1, 0.15) is 12.3 Å². The van der Waals surface area contributed by atoms with Crippen LogP contribution in [0, 0.1) is 24.2 Å². The van der Waals surface area contributed by atoms with Gasteiger partial charge in [0.05, 0.1) is 5.69 Å². The minimum Gasteiger partial charge on any atom is -0.372 e. The maximum atomic E-state index is 13.7. The molecule has 0 aliphatic heterocycles. The summed E-state index contributed by atoms with van der Waals surface area (Å²) in [6, 6.07) is 1.91. The van der Waals surface area contributed by atoms with Gasteiger partial charge in [0.2, 0.25) is 11.9 Å². The van der Waals surface area contributed by atoms with E-state index in [2.05, 4.69) is 29.1 Å². The van der Waals surface area contributed by atoms with Gasteiger partial charge in [0.15, 0.2) is 5.13 Å². The van der Waals surface area contributed by atoms with E-state index in [4.69, 9.17) is 4.74 Å². The number of nitrogens with one attached hydrogen (secondary N) is 1. The zero-order chi connectivity index (χ0) is 22.1. The number of carbonyl (C=O) groups is 2. The summed E-state index contributed by atoms with van der Waals surface area (Å²) < 4.78 is 32.5. The van der Waals surface area contributed by atoms with Gasteiger partial charge in [-0.25, -0.2) is 4.98 Å². The summed E-state index contributed by atoms with van der Waals surface area (Å²) in [7, 11) is 0. The van der Waals surface area contributed by atoms with Gasteiger partial charge in [-0.1, -0.05) is 13.8 Å². The molecule has 1 N–H and O–H groups in total. The first-order valence-corrected chi connectivity index (χ1v) is 10.5. The largest absolute Gasteiger partial charge is 0.372 e. The maximum absolute atomic E-state index is 13.7. The highest BCUT2D eigenvalue weighted by atomic mass is 32.1. The number of rotatable bonds is 7. The van der Waals surface area contributed by atoms with Crippen molar-refractivity contribution in [1.82, 2.24) is 15.3 Å². The summed E-state index contributed by atoms with van der Waals surface area (Å²) in [4.78, 5) is 34.5.